The summed E-state index contributed by atoms with van der Waals surface area (Å²) >= 11 is 5.81. The van der Waals surface area contributed by atoms with E-state index >= 15 is 0 Å². The van der Waals surface area contributed by atoms with Gasteiger partial charge < -0.3 is 10.4 Å². The van der Waals surface area contributed by atoms with Crippen molar-refractivity contribution >= 4 is 11.6 Å². The molecule has 1 atom stereocenters. The normalized spacial score (nSPS) is 12.8. The predicted octanol–water partition coefficient (Wildman–Crippen LogP) is 1.81. The number of rotatable bonds is 4. The lowest BCUT2D eigenvalue weighted by atomic mass is 10.2. The number of hydrogen-bond donors (Lipinski definition) is 2. The maximum atomic E-state index is 9.00. The van der Waals surface area contributed by atoms with Gasteiger partial charge in [0.05, 0.1) is 6.10 Å². The monoisotopic (exact) mass is 199 g/mol. The van der Waals surface area contributed by atoms with Crippen molar-refractivity contribution < 1.29 is 5.11 Å². The maximum absolute atomic E-state index is 9.00. The maximum Gasteiger partial charge on any atom is 0.0636 e. The minimum Gasteiger partial charge on any atom is -0.392 e. The van der Waals surface area contributed by atoms with Gasteiger partial charge in [-0.2, -0.15) is 0 Å². The van der Waals surface area contributed by atoms with Gasteiger partial charge in [-0.25, -0.2) is 0 Å². The predicted molar refractivity (Wildman–Crippen MR) is 54.8 cm³/mol. The molecule has 0 aliphatic rings. The highest BCUT2D eigenvalue weighted by atomic mass is 35.5. The average Bonchev–Trinajstić information content (AvgIpc) is 2.03. The Labute approximate surface area is 83.5 Å². The summed E-state index contributed by atoms with van der Waals surface area (Å²) in [6, 6.07) is 7.68. The van der Waals surface area contributed by atoms with Crippen LogP contribution in [-0.2, 0) is 6.54 Å². The Balaban J connectivity index is 2.37. The molecule has 1 rings (SSSR count). The Hall–Kier alpha value is -0.570. The van der Waals surface area contributed by atoms with Crippen LogP contribution >= 0.6 is 11.6 Å². The molecule has 0 saturated carbocycles. The number of aliphatic hydroxyl groups excluding tert-OH is 1. The second kappa shape index (κ2) is 5.22. The molecular formula is C10H14ClNO. The third kappa shape index (κ3) is 4.27. The summed E-state index contributed by atoms with van der Waals surface area (Å²) in [6.07, 6.45) is -0.306. The van der Waals surface area contributed by atoms with Crippen LogP contribution in [0.3, 0.4) is 0 Å². The van der Waals surface area contributed by atoms with Crippen LogP contribution < -0.4 is 5.32 Å². The van der Waals surface area contributed by atoms with Crippen LogP contribution in [-0.4, -0.2) is 17.8 Å². The zero-order valence-electron chi connectivity index (χ0n) is 7.63. The molecule has 2 N–H and O–H groups in total. The highest BCUT2D eigenvalue weighted by Crippen LogP contribution is 2.09. The number of nitrogens with one attached hydrogen (secondary N) is 1. The lowest BCUT2D eigenvalue weighted by molar-refractivity contribution is 0.191. The zero-order chi connectivity index (χ0) is 9.68. The van der Waals surface area contributed by atoms with Crippen molar-refractivity contribution in [2.45, 2.75) is 19.6 Å². The molecule has 0 aromatic heterocycles. The van der Waals surface area contributed by atoms with E-state index < -0.39 is 0 Å². The van der Waals surface area contributed by atoms with E-state index in [2.05, 4.69) is 5.32 Å². The van der Waals surface area contributed by atoms with Crippen molar-refractivity contribution in [3.63, 3.8) is 0 Å². The largest absolute Gasteiger partial charge is 0.392 e. The zero-order valence-corrected chi connectivity index (χ0v) is 8.38. The van der Waals surface area contributed by atoms with E-state index in [1.807, 2.05) is 24.3 Å². The van der Waals surface area contributed by atoms with Gasteiger partial charge in [0.1, 0.15) is 0 Å². The van der Waals surface area contributed by atoms with E-state index in [0.29, 0.717) is 6.54 Å². The Morgan fingerprint density at radius 2 is 2.31 bits per heavy atom. The topological polar surface area (TPSA) is 32.3 Å². The van der Waals surface area contributed by atoms with Crippen molar-refractivity contribution in [3.8, 4) is 0 Å². The van der Waals surface area contributed by atoms with Gasteiger partial charge in [0.15, 0.2) is 0 Å². The van der Waals surface area contributed by atoms with Gasteiger partial charge in [-0.1, -0.05) is 23.7 Å². The van der Waals surface area contributed by atoms with E-state index in [9.17, 15) is 0 Å². The summed E-state index contributed by atoms with van der Waals surface area (Å²) in [6.45, 7) is 3.10. The fourth-order valence-corrected chi connectivity index (χ4v) is 1.29. The first-order valence-electron chi connectivity index (χ1n) is 4.31. The number of hydrogen-bond acceptors (Lipinski definition) is 2. The van der Waals surface area contributed by atoms with Crippen LogP contribution in [0.25, 0.3) is 0 Å². The second-order valence-electron chi connectivity index (χ2n) is 3.11. The molecule has 1 aromatic rings. The van der Waals surface area contributed by atoms with Gasteiger partial charge in [0, 0.05) is 18.1 Å². The summed E-state index contributed by atoms with van der Waals surface area (Å²) in [5.74, 6) is 0. The molecule has 0 aliphatic carbocycles. The van der Waals surface area contributed by atoms with Crippen LogP contribution in [0.1, 0.15) is 12.5 Å². The van der Waals surface area contributed by atoms with Crippen LogP contribution in [0.5, 0.6) is 0 Å². The Morgan fingerprint density at radius 3 is 2.92 bits per heavy atom. The van der Waals surface area contributed by atoms with Gasteiger partial charge in [-0.05, 0) is 24.6 Å². The summed E-state index contributed by atoms with van der Waals surface area (Å²) in [5, 5.41) is 12.9. The van der Waals surface area contributed by atoms with Crippen molar-refractivity contribution in [1.82, 2.24) is 5.32 Å². The van der Waals surface area contributed by atoms with Crippen LogP contribution in [0.2, 0.25) is 5.02 Å². The Morgan fingerprint density at radius 1 is 1.54 bits per heavy atom. The first-order chi connectivity index (χ1) is 6.18. The van der Waals surface area contributed by atoms with Gasteiger partial charge in [-0.15, -0.1) is 0 Å². The van der Waals surface area contributed by atoms with Gasteiger partial charge in [0.25, 0.3) is 0 Å². The molecule has 0 fully saturated rings. The number of aliphatic hydroxyl groups is 1. The smallest absolute Gasteiger partial charge is 0.0636 e. The van der Waals surface area contributed by atoms with Crippen molar-refractivity contribution in [2.75, 3.05) is 6.54 Å². The van der Waals surface area contributed by atoms with E-state index in [-0.39, 0.29) is 6.10 Å². The minimum absolute atomic E-state index is 0.306. The quantitative estimate of drug-likeness (QED) is 0.776. The average molecular weight is 200 g/mol. The summed E-state index contributed by atoms with van der Waals surface area (Å²) in [4.78, 5) is 0. The van der Waals surface area contributed by atoms with E-state index in [1.165, 1.54) is 0 Å². The van der Waals surface area contributed by atoms with Gasteiger partial charge in [0.2, 0.25) is 0 Å². The molecule has 0 amide bonds. The third-order valence-corrected chi connectivity index (χ3v) is 1.89. The molecule has 0 heterocycles. The SMILES string of the molecule is C[C@@H](O)CNCc1cccc(Cl)c1. The minimum atomic E-state index is -0.306. The first-order valence-corrected chi connectivity index (χ1v) is 4.69. The molecule has 0 unspecified atom stereocenters. The van der Waals surface area contributed by atoms with Crippen molar-refractivity contribution in [2.24, 2.45) is 0 Å². The fourth-order valence-electron chi connectivity index (χ4n) is 1.07. The molecule has 1 aromatic carbocycles. The highest BCUT2D eigenvalue weighted by molar-refractivity contribution is 6.30. The molecule has 0 saturated heterocycles. The van der Waals surface area contributed by atoms with E-state index in [1.54, 1.807) is 6.92 Å². The lowest BCUT2D eigenvalue weighted by Crippen LogP contribution is -2.23. The summed E-state index contributed by atoms with van der Waals surface area (Å²) in [7, 11) is 0. The van der Waals surface area contributed by atoms with Crippen LogP contribution in [0, 0.1) is 0 Å². The van der Waals surface area contributed by atoms with Crippen molar-refractivity contribution in [1.29, 1.82) is 0 Å². The van der Waals surface area contributed by atoms with Crippen molar-refractivity contribution in [3.05, 3.63) is 34.9 Å². The number of halogens is 1. The van der Waals surface area contributed by atoms with Crippen LogP contribution in [0.15, 0.2) is 24.3 Å². The second-order valence-corrected chi connectivity index (χ2v) is 3.55. The molecule has 0 radical (unpaired) electrons. The summed E-state index contributed by atoms with van der Waals surface area (Å²) in [5.41, 5.74) is 1.13. The molecule has 2 nitrogen and oxygen atoms in total. The Kier molecular flexibility index (Phi) is 4.22. The third-order valence-electron chi connectivity index (χ3n) is 1.66. The number of benzene rings is 1. The van der Waals surface area contributed by atoms with Crippen LogP contribution in [0.4, 0.5) is 0 Å². The molecule has 0 aliphatic heterocycles. The lowest BCUT2D eigenvalue weighted by Gasteiger charge is -2.06. The molecule has 0 bridgehead atoms. The first kappa shape index (κ1) is 10.5. The van der Waals surface area contributed by atoms with Gasteiger partial charge in [-0.3, -0.25) is 0 Å². The molecule has 3 heteroatoms. The Bertz CT molecular complexity index is 263. The van der Waals surface area contributed by atoms with Gasteiger partial charge >= 0.3 is 0 Å². The van der Waals surface area contributed by atoms with E-state index in [4.69, 9.17) is 16.7 Å². The molecular weight excluding hydrogens is 186 g/mol. The fraction of sp³-hybridized carbons (Fsp3) is 0.400. The van der Waals surface area contributed by atoms with E-state index in [0.717, 1.165) is 17.1 Å². The molecule has 0 spiro atoms. The molecule has 72 valence electrons. The summed E-state index contributed by atoms with van der Waals surface area (Å²) < 4.78 is 0. The standard InChI is InChI=1S/C10H14ClNO/c1-8(13)6-12-7-9-3-2-4-10(11)5-9/h2-5,8,12-13H,6-7H2,1H3/t8-/m1/s1. The highest BCUT2D eigenvalue weighted by Gasteiger charge is 1.96. The molecule has 13 heavy (non-hydrogen) atoms.